The molecule has 0 amide bonds. The summed E-state index contributed by atoms with van der Waals surface area (Å²) >= 11 is 1.80. The minimum absolute atomic E-state index is 0.633. The smallest absolute Gasteiger partial charge is 0.165 e. The van der Waals surface area contributed by atoms with Crippen molar-refractivity contribution in [3.8, 4) is 56.4 Å². The molecule has 0 aliphatic heterocycles. The standard InChI is InChI=1S/C43H23N3OS/c1-2-11-25(12-3-1)41-44-42(30-19-10-22-35-37(30)28-16-5-7-21-34(28)48-35)46-43(45-41)40-38-29-18-9-14-24-13-8-17-26(36(24)29)31(38)23-33-39(40)27-15-4-6-20-32(27)47-33/h1-23H. The van der Waals surface area contributed by atoms with E-state index in [-0.39, 0.29) is 0 Å². The molecule has 7 aromatic carbocycles. The van der Waals surface area contributed by atoms with Gasteiger partial charge in [0.1, 0.15) is 11.2 Å². The fourth-order valence-corrected chi connectivity index (χ4v) is 8.79. The largest absolute Gasteiger partial charge is 0.456 e. The highest BCUT2D eigenvalue weighted by atomic mass is 32.1. The van der Waals surface area contributed by atoms with Crippen molar-refractivity contribution in [1.82, 2.24) is 15.0 Å². The summed E-state index contributed by atoms with van der Waals surface area (Å²) < 4.78 is 9.05. The highest BCUT2D eigenvalue weighted by molar-refractivity contribution is 7.25. The molecule has 5 heteroatoms. The zero-order valence-corrected chi connectivity index (χ0v) is 26.3. The Morgan fingerprint density at radius 3 is 2.00 bits per heavy atom. The Bertz CT molecular complexity index is 2950. The first-order valence-corrected chi connectivity index (χ1v) is 16.8. The molecule has 11 rings (SSSR count). The van der Waals surface area contributed by atoms with Gasteiger partial charge in [0.2, 0.25) is 0 Å². The highest BCUT2D eigenvalue weighted by Crippen LogP contribution is 2.54. The van der Waals surface area contributed by atoms with Gasteiger partial charge in [0, 0.05) is 53.2 Å². The van der Waals surface area contributed by atoms with Crippen LogP contribution in [0.4, 0.5) is 0 Å². The van der Waals surface area contributed by atoms with Gasteiger partial charge >= 0.3 is 0 Å². The lowest BCUT2D eigenvalue weighted by molar-refractivity contribution is 0.669. The number of nitrogens with zero attached hydrogens (tertiary/aromatic N) is 3. The molecule has 0 N–H and O–H groups in total. The molecule has 3 heterocycles. The molecule has 0 fully saturated rings. The third kappa shape index (κ3) is 3.56. The van der Waals surface area contributed by atoms with E-state index in [1.807, 2.05) is 30.3 Å². The van der Waals surface area contributed by atoms with Gasteiger partial charge < -0.3 is 4.42 Å². The van der Waals surface area contributed by atoms with Gasteiger partial charge in [0.05, 0.1) is 0 Å². The van der Waals surface area contributed by atoms with Crippen LogP contribution in [0.25, 0.3) is 109 Å². The van der Waals surface area contributed by atoms with E-state index in [4.69, 9.17) is 19.4 Å². The third-order valence-corrected chi connectivity index (χ3v) is 10.8. The van der Waals surface area contributed by atoms with Gasteiger partial charge in [-0.1, -0.05) is 115 Å². The normalized spacial score (nSPS) is 12.2. The van der Waals surface area contributed by atoms with Crippen molar-refractivity contribution in [2.75, 3.05) is 0 Å². The highest BCUT2D eigenvalue weighted by Gasteiger charge is 2.30. The summed E-state index contributed by atoms with van der Waals surface area (Å²) in [6, 6.07) is 48.8. The van der Waals surface area contributed by atoms with E-state index < -0.39 is 0 Å². The van der Waals surface area contributed by atoms with Crippen LogP contribution in [0.5, 0.6) is 0 Å². The first-order chi connectivity index (χ1) is 23.8. The first-order valence-electron chi connectivity index (χ1n) is 16.0. The van der Waals surface area contributed by atoms with E-state index in [0.29, 0.717) is 17.5 Å². The van der Waals surface area contributed by atoms with E-state index in [2.05, 4.69) is 109 Å². The zero-order chi connectivity index (χ0) is 31.3. The summed E-state index contributed by atoms with van der Waals surface area (Å²) in [6.07, 6.45) is 0. The molecule has 10 aromatic rings. The second-order valence-electron chi connectivity index (χ2n) is 12.3. The lowest BCUT2D eigenvalue weighted by Gasteiger charge is -2.14. The van der Waals surface area contributed by atoms with Crippen LogP contribution in [-0.4, -0.2) is 15.0 Å². The molecular formula is C43H23N3OS. The topological polar surface area (TPSA) is 51.8 Å². The second kappa shape index (κ2) is 9.67. The van der Waals surface area contributed by atoms with Crippen LogP contribution in [0.3, 0.4) is 0 Å². The third-order valence-electron chi connectivity index (χ3n) is 9.67. The summed E-state index contributed by atoms with van der Waals surface area (Å²) in [5.41, 5.74) is 9.24. The van der Waals surface area contributed by atoms with Gasteiger partial charge in [-0.05, 0) is 51.7 Å². The van der Waals surface area contributed by atoms with E-state index in [1.54, 1.807) is 11.3 Å². The summed E-state index contributed by atoms with van der Waals surface area (Å²) in [6.45, 7) is 0. The van der Waals surface area contributed by atoms with Gasteiger partial charge in [0.25, 0.3) is 0 Å². The Kier molecular flexibility index (Phi) is 5.23. The summed E-state index contributed by atoms with van der Waals surface area (Å²) in [4.78, 5) is 15.9. The fraction of sp³-hybridized carbons (Fsp3) is 0. The first kappa shape index (κ1) is 26.0. The van der Waals surface area contributed by atoms with E-state index in [0.717, 1.165) is 49.8 Å². The van der Waals surface area contributed by atoms with Crippen molar-refractivity contribution < 1.29 is 4.42 Å². The van der Waals surface area contributed by atoms with Crippen LogP contribution >= 0.6 is 11.3 Å². The molecule has 0 unspecified atom stereocenters. The molecule has 0 saturated carbocycles. The molecule has 1 aliphatic carbocycles. The molecule has 1 aliphatic rings. The van der Waals surface area contributed by atoms with Crippen LogP contribution in [0.1, 0.15) is 0 Å². The molecule has 0 bridgehead atoms. The van der Waals surface area contributed by atoms with Gasteiger partial charge in [-0.3, -0.25) is 0 Å². The van der Waals surface area contributed by atoms with Crippen LogP contribution in [0, 0.1) is 0 Å². The van der Waals surface area contributed by atoms with Crippen LogP contribution in [0.15, 0.2) is 144 Å². The molecule has 4 nitrogen and oxygen atoms in total. The SMILES string of the molecule is c1ccc(-c2nc(-c3c4c(cc5oc6ccccc6c35)-c3cccc5cccc-4c35)nc(-c3cccc4sc5ccccc5c34)n2)cc1. The lowest BCUT2D eigenvalue weighted by atomic mass is 9.93. The number of fused-ring (bicyclic) bond motifs is 9. The molecular weight excluding hydrogens is 607 g/mol. The number of para-hydroxylation sites is 1. The predicted molar refractivity (Wildman–Crippen MR) is 198 cm³/mol. The molecule has 0 radical (unpaired) electrons. The number of thiophene rings is 1. The van der Waals surface area contributed by atoms with Gasteiger partial charge in [0.15, 0.2) is 17.5 Å². The van der Waals surface area contributed by atoms with Gasteiger partial charge in [-0.2, -0.15) is 0 Å². The Balaban J connectivity index is 1.31. The Morgan fingerprint density at radius 2 is 1.10 bits per heavy atom. The number of hydrogen-bond donors (Lipinski definition) is 0. The number of furan rings is 1. The molecule has 0 spiro atoms. The maximum Gasteiger partial charge on any atom is 0.165 e. The zero-order valence-electron chi connectivity index (χ0n) is 25.4. The van der Waals surface area contributed by atoms with Crippen molar-refractivity contribution in [3.05, 3.63) is 140 Å². The summed E-state index contributed by atoms with van der Waals surface area (Å²) in [7, 11) is 0. The molecule has 0 saturated heterocycles. The maximum absolute atomic E-state index is 6.59. The molecule has 0 atom stereocenters. The quantitative estimate of drug-likeness (QED) is 0.195. The Labute approximate surface area is 278 Å². The summed E-state index contributed by atoms with van der Waals surface area (Å²) in [5.74, 6) is 1.92. The molecule has 48 heavy (non-hydrogen) atoms. The predicted octanol–water partition coefficient (Wildman–Crippen LogP) is 11.9. The number of hydrogen-bond acceptors (Lipinski definition) is 5. The Hall–Kier alpha value is -6.17. The van der Waals surface area contributed by atoms with E-state index in [9.17, 15) is 0 Å². The second-order valence-corrected chi connectivity index (χ2v) is 13.4. The fourth-order valence-electron chi connectivity index (χ4n) is 7.66. The van der Waals surface area contributed by atoms with Crippen LogP contribution in [0.2, 0.25) is 0 Å². The monoisotopic (exact) mass is 629 g/mol. The number of benzene rings is 7. The summed E-state index contributed by atoms with van der Waals surface area (Å²) in [5, 5.41) is 6.91. The van der Waals surface area contributed by atoms with Crippen molar-refractivity contribution in [1.29, 1.82) is 0 Å². The van der Waals surface area contributed by atoms with E-state index in [1.165, 1.54) is 42.1 Å². The lowest BCUT2D eigenvalue weighted by Crippen LogP contribution is -2.02. The Morgan fingerprint density at radius 1 is 0.417 bits per heavy atom. The minimum atomic E-state index is 0.633. The van der Waals surface area contributed by atoms with Crippen LogP contribution in [-0.2, 0) is 0 Å². The van der Waals surface area contributed by atoms with E-state index >= 15 is 0 Å². The molecule has 222 valence electrons. The van der Waals surface area contributed by atoms with Crippen molar-refractivity contribution in [2.45, 2.75) is 0 Å². The average molecular weight is 630 g/mol. The maximum atomic E-state index is 6.59. The number of aromatic nitrogens is 3. The van der Waals surface area contributed by atoms with Gasteiger partial charge in [-0.15, -0.1) is 11.3 Å². The number of rotatable bonds is 3. The van der Waals surface area contributed by atoms with Gasteiger partial charge in [-0.25, -0.2) is 15.0 Å². The minimum Gasteiger partial charge on any atom is -0.456 e. The average Bonchev–Trinajstić information content (AvgIpc) is 3.82. The van der Waals surface area contributed by atoms with Crippen molar-refractivity contribution in [3.63, 3.8) is 0 Å². The van der Waals surface area contributed by atoms with Crippen LogP contribution < -0.4 is 0 Å². The molecule has 3 aromatic heterocycles. The van der Waals surface area contributed by atoms with Crippen molar-refractivity contribution in [2.24, 2.45) is 0 Å². The van der Waals surface area contributed by atoms with Crippen molar-refractivity contribution >= 4 is 64.2 Å².